The lowest BCUT2D eigenvalue weighted by molar-refractivity contribution is 0.475. The highest BCUT2D eigenvalue weighted by atomic mass is 16.3. The highest BCUT2D eigenvalue weighted by Gasteiger charge is 2.04. The number of hydrogen-bond acceptors (Lipinski definition) is 4. The summed E-state index contributed by atoms with van der Waals surface area (Å²) in [5.41, 5.74) is 14.0. The first kappa shape index (κ1) is 9.33. The second kappa shape index (κ2) is 3.49. The van der Waals surface area contributed by atoms with Crippen molar-refractivity contribution in [1.82, 2.24) is 4.98 Å². The first-order valence-corrected chi connectivity index (χ1v) is 4.47. The van der Waals surface area contributed by atoms with Crippen LogP contribution in [0.2, 0.25) is 0 Å². The Balaban J connectivity index is 2.58. The van der Waals surface area contributed by atoms with Gasteiger partial charge in [-0.05, 0) is 24.3 Å². The van der Waals surface area contributed by atoms with Gasteiger partial charge in [0.2, 0.25) is 0 Å². The number of nitrogens with two attached hydrogens (primary N) is 2. The van der Waals surface area contributed by atoms with Crippen molar-refractivity contribution < 1.29 is 5.11 Å². The Labute approximate surface area is 87.2 Å². The molecule has 0 amide bonds. The summed E-state index contributed by atoms with van der Waals surface area (Å²) < 4.78 is 0. The fourth-order valence-electron chi connectivity index (χ4n) is 1.36. The zero-order chi connectivity index (χ0) is 10.8. The van der Waals surface area contributed by atoms with E-state index in [1.807, 2.05) is 0 Å². The molecule has 4 nitrogen and oxygen atoms in total. The van der Waals surface area contributed by atoms with E-state index in [1.54, 1.807) is 24.3 Å². The number of hydrogen-bond donors (Lipinski definition) is 3. The number of anilines is 2. The first-order chi connectivity index (χ1) is 7.16. The first-order valence-electron chi connectivity index (χ1n) is 4.47. The van der Waals surface area contributed by atoms with Crippen LogP contribution < -0.4 is 11.5 Å². The van der Waals surface area contributed by atoms with Crippen molar-refractivity contribution >= 4 is 11.4 Å². The third-order valence-electron chi connectivity index (χ3n) is 2.10. The quantitative estimate of drug-likeness (QED) is 0.612. The molecule has 0 radical (unpaired) electrons. The minimum Gasteiger partial charge on any atom is -0.508 e. The van der Waals surface area contributed by atoms with Crippen LogP contribution in [0, 0.1) is 0 Å². The van der Waals surface area contributed by atoms with Crippen LogP contribution in [-0.4, -0.2) is 10.1 Å². The molecule has 4 heteroatoms. The molecule has 0 bridgehead atoms. The van der Waals surface area contributed by atoms with Crippen LogP contribution in [0.1, 0.15) is 0 Å². The Morgan fingerprint density at radius 2 is 1.87 bits per heavy atom. The third kappa shape index (κ3) is 1.83. The number of aromatic hydroxyl groups is 1. The van der Waals surface area contributed by atoms with E-state index in [1.165, 1.54) is 12.3 Å². The normalized spacial score (nSPS) is 10.1. The van der Waals surface area contributed by atoms with E-state index in [2.05, 4.69) is 4.98 Å². The van der Waals surface area contributed by atoms with E-state index in [4.69, 9.17) is 11.5 Å². The van der Waals surface area contributed by atoms with Crippen molar-refractivity contribution in [2.75, 3.05) is 11.5 Å². The van der Waals surface area contributed by atoms with Crippen molar-refractivity contribution in [1.29, 1.82) is 0 Å². The van der Waals surface area contributed by atoms with Gasteiger partial charge in [0, 0.05) is 29.2 Å². The zero-order valence-electron chi connectivity index (χ0n) is 8.01. The average molecular weight is 201 g/mol. The summed E-state index contributed by atoms with van der Waals surface area (Å²) in [6, 6.07) is 8.23. The molecule has 2 rings (SSSR count). The van der Waals surface area contributed by atoms with Crippen molar-refractivity contribution in [3.05, 3.63) is 36.5 Å². The van der Waals surface area contributed by atoms with E-state index in [9.17, 15) is 5.11 Å². The minimum atomic E-state index is 0.154. The molecule has 0 saturated carbocycles. The maximum Gasteiger partial charge on any atom is 0.119 e. The molecule has 0 saturated heterocycles. The summed E-state index contributed by atoms with van der Waals surface area (Å²) in [7, 11) is 0. The van der Waals surface area contributed by atoms with Crippen molar-refractivity contribution in [3.8, 4) is 17.0 Å². The molecule has 0 aliphatic carbocycles. The molecule has 0 unspecified atom stereocenters. The Bertz CT molecular complexity index is 497. The molecular weight excluding hydrogens is 190 g/mol. The molecule has 1 aromatic heterocycles. The summed E-state index contributed by atoms with van der Waals surface area (Å²) in [6.45, 7) is 0. The molecule has 1 heterocycles. The average Bonchev–Trinajstić information content (AvgIpc) is 2.22. The third-order valence-corrected chi connectivity index (χ3v) is 2.10. The van der Waals surface area contributed by atoms with Gasteiger partial charge in [-0.15, -0.1) is 0 Å². The summed E-state index contributed by atoms with van der Waals surface area (Å²) >= 11 is 0. The number of nitrogen functional groups attached to an aromatic ring is 2. The van der Waals surface area contributed by atoms with Gasteiger partial charge < -0.3 is 16.6 Å². The van der Waals surface area contributed by atoms with Crippen LogP contribution in [0.3, 0.4) is 0 Å². The number of pyridine rings is 1. The van der Waals surface area contributed by atoms with E-state index in [0.29, 0.717) is 17.1 Å². The summed E-state index contributed by atoms with van der Waals surface area (Å²) in [5, 5.41) is 9.32. The molecular formula is C11H11N3O. The topological polar surface area (TPSA) is 85.2 Å². The maximum absolute atomic E-state index is 9.32. The Morgan fingerprint density at radius 3 is 2.60 bits per heavy atom. The van der Waals surface area contributed by atoms with Gasteiger partial charge >= 0.3 is 0 Å². The lowest BCUT2D eigenvalue weighted by atomic mass is 10.1. The second-order valence-corrected chi connectivity index (χ2v) is 3.25. The molecule has 0 fully saturated rings. The lowest BCUT2D eigenvalue weighted by Crippen LogP contribution is -1.94. The van der Waals surface area contributed by atoms with Gasteiger partial charge in [-0.1, -0.05) is 0 Å². The maximum atomic E-state index is 9.32. The van der Waals surface area contributed by atoms with E-state index < -0.39 is 0 Å². The molecule has 0 atom stereocenters. The van der Waals surface area contributed by atoms with Gasteiger partial charge in [0.25, 0.3) is 0 Å². The van der Waals surface area contributed by atoms with Crippen molar-refractivity contribution in [2.45, 2.75) is 0 Å². The van der Waals surface area contributed by atoms with Crippen LogP contribution in [-0.2, 0) is 0 Å². The number of aromatic nitrogens is 1. The Morgan fingerprint density at radius 1 is 1.07 bits per heavy atom. The van der Waals surface area contributed by atoms with Gasteiger partial charge in [-0.3, -0.25) is 4.98 Å². The zero-order valence-corrected chi connectivity index (χ0v) is 8.01. The van der Waals surface area contributed by atoms with Crippen LogP contribution in [0.4, 0.5) is 11.4 Å². The van der Waals surface area contributed by atoms with Gasteiger partial charge in [0.1, 0.15) is 5.75 Å². The van der Waals surface area contributed by atoms with E-state index in [-0.39, 0.29) is 5.75 Å². The van der Waals surface area contributed by atoms with Gasteiger partial charge in [-0.2, -0.15) is 0 Å². The largest absolute Gasteiger partial charge is 0.508 e. The summed E-state index contributed by atoms with van der Waals surface area (Å²) in [5.74, 6) is 0.154. The fourth-order valence-corrected chi connectivity index (χ4v) is 1.36. The molecule has 5 N–H and O–H groups in total. The highest BCUT2D eigenvalue weighted by Crippen LogP contribution is 2.27. The summed E-state index contributed by atoms with van der Waals surface area (Å²) in [4.78, 5) is 4.12. The van der Waals surface area contributed by atoms with Crippen LogP contribution in [0.15, 0.2) is 36.5 Å². The molecule has 15 heavy (non-hydrogen) atoms. The molecule has 0 aliphatic rings. The molecule has 76 valence electrons. The van der Waals surface area contributed by atoms with E-state index >= 15 is 0 Å². The van der Waals surface area contributed by atoms with Crippen LogP contribution in [0.5, 0.6) is 5.75 Å². The SMILES string of the molecule is Nc1ccc(N)c(-c2cc(O)ccn2)c1. The predicted molar refractivity (Wildman–Crippen MR) is 60.2 cm³/mol. The number of nitrogens with zero attached hydrogens (tertiary/aromatic N) is 1. The standard InChI is InChI=1S/C11H11N3O/c12-7-1-2-10(13)9(5-7)11-6-8(15)3-4-14-11/h1-6H,12-13H2,(H,14,15). The van der Waals surface area contributed by atoms with Gasteiger partial charge in [0.15, 0.2) is 0 Å². The predicted octanol–water partition coefficient (Wildman–Crippen LogP) is 1.62. The molecule has 0 spiro atoms. The monoisotopic (exact) mass is 201 g/mol. The smallest absolute Gasteiger partial charge is 0.119 e. The fraction of sp³-hybridized carbons (Fsp3) is 0. The molecule has 2 aromatic rings. The van der Waals surface area contributed by atoms with E-state index in [0.717, 1.165) is 5.56 Å². The van der Waals surface area contributed by atoms with Crippen LogP contribution >= 0.6 is 0 Å². The van der Waals surface area contributed by atoms with Crippen molar-refractivity contribution in [2.24, 2.45) is 0 Å². The number of benzene rings is 1. The van der Waals surface area contributed by atoms with Crippen molar-refractivity contribution in [3.63, 3.8) is 0 Å². The Hall–Kier alpha value is -2.23. The molecule has 0 aliphatic heterocycles. The van der Waals surface area contributed by atoms with Crippen LogP contribution in [0.25, 0.3) is 11.3 Å². The Kier molecular flexibility index (Phi) is 2.17. The minimum absolute atomic E-state index is 0.154. The van der Waals surface area contributed by atoms with Gasteiger partial charge in [-0.25, -0.2) is 0 Å². The lowest BCUT2D eigenvalue weighted by Gasteiger charge is -2.06. The number of rotatable bonds is 1. The highest BCUT2D eigenvalue weighted by molar-refractivity contribution is 5.77. The van der Waals surface area contributed by atoms with Gasteiger partial charge in [0.05, 0.1) is 5.69 Å². The molecule has 1 aromatic carbocycles. The summed E-state index contributed by atoms with van der Waals surface area (Å²) in [6.07, 6.45) is 1.52. The second-order valence-electron chi connectivity index (χ2n) is 3.25.